The Morgan fingerprint density at radius 1 is 1.10 bits per heavy atom. The fourth-order valence-corrected chi connectivity index (χ4v) is 3.15. The van der Waals surface area contributed by atoms with Crippen molar-refractivity contribution < 1.29 is 0 Å². The first-order chi connectivity index (χ1) is 9.80. The smallest absolute Gasteiger partial charge is 0.139 e. The zero-order valence-corrected chi connectivity index (χ0v) is 12.2. The molecule has 2 aromatic rings. The Morgan fingerprint density at radius 3 is 2.55 bits per heavy atom. The lowest BCUT2D eigenvalue weighted by Gasteiger charge is -2.31. The summed E-state index contributed by atoms with van der Waals surface area (Å²) in [6, 6.07) is 10.7. The van der Waals surface area contributed by atoms with Gasteiger partial charge in [0.1, 0.15) is 5.82 Å². The standard InChI is InChI=1S/C17H21N3/c1-3-17(4-2,14-8-6-5-7-9-14)16-19-11-13-10-18-12-15(13)20-16/h5-9,11,18H,3-4,10,12H2,1-2H3. The second kappa shape index (κ2) is 5.33. The zero-order valence-electron chi connectivity index (χ0n) is 12.2. The summed E-state index contributed by atoms with van der Waals surface area (Å²) in [6.07, 6.45) is 4.03. The van der Waals surface area contributed by atoms with E-state index in [0.29, 0.717) is 0 Å². The molecule has 1 aliphatic rings. The number of nitrogens with zero attached hydrogens (tertiary/aromatic N) is 2. The lowest BCUT2D eigenvalue weighted by Crippen LogP contribution is -2.29. The maximum atomic E-state index is 4.87. The minimum atomic E-state index is -0.0706. The van der Waals surface area contributed by atoms with Crippen LogP contribution in [0, 0.1) is 0 Å². The number of benzene rings is 1. The van der Waals surface area contributed by atoms with Crippen molar-refractivity contribution in [3.8, 4) is 0 Å². The normalized spacial score (nSPS) is 14.3. The van der Waals surface area contributed by atoms with E-state index in [-0.39, 0.29) is 5.41 Å². The van der Waals surface area contributed by atoms with E-state index in [4.69, 9.17) is 4.98 Å². The molecule has 0 atom stereocenters. The third-order valence-corrected chi connectivity index (χ3v) is 4.52. The molecule has 0 spiro atoms. The molecular formula is C17H21N3. The second-order valence-corrected chi connectivity index (χ2v) is 5.42. The Kier molecular flexibility index (Phi) is 3.53. The number of hydrogen-bond donors (Lipinski definition) is 1. The predicted molar refractivity (Wildman–Crippen MR) is 80.4 cm³/mol. The van der Waals surface area contributed by atoms with Gasteiger partial charge in [0.2, 0.25) is 0 Å². The van der Waals surface area contributed by atoms with Crippen molar-refractivity contribution in [2.45, 2.75) is 45.2 Å². The van der Waals surface area contributed by atoms with Gasteiger partial charge in [0.05, 0.1) is 11.1 Å². The largest absolute Gasteiger partial charge is 0.307 e. The van der Waals surface area contributed by atoms with Crippen LogP contribution in [0.2, 0.25) is 0 Å². The highest BCUT2D eigenvalue weighted by Gasteiger charge is 2.34. The van der Waals surface area contributed by atoms with Crippen LogP contribution >= 0.6 is 0 Å². The van der Waals surface area contributed by atoms with E-state index in [0.717, 1.165) is 37.4 Å². The van der Waals surface area contributed by atoms with Crippen molar-refractivity contribution in [3.05, 3.63) is 59.2 Å². The van der Waals surface area contributed by atoms with Gasteiger partial charge in [-0.25, -0.2) is 9.97 Å². The molecule has 104 valence electrons. The van der Waals surface area contributed by atoms with Gasteiger partial charge >= 0.3 is 0 Å². The molecule has 0 radical (unpaired) electrons. The van der Waals surface area contributed by atoms with Crippen LogP contribution in [0.1, 0.15) is 49.3 Å². The number of rotatable bonds is 4. The quantitative estimate of drug-likeness (QED) is 0.924. The molecule has 0 amide bonds. The molecule has 0 fully saturated rings. The molecule has 2 heterocycles. The Morgan fingerprint density at radius 2 is 1.85 bits per heavy atom. The van der Waals surface area contributed by atoms with E-state index in [1.165, 1.54) is 11.1 Å². The van der Waals surface area contributed by atoms with Crippen LogP contribution in [0.3, 0.4) is 0 Å². The number of hydrogen-bond acceptors (Lipinski definition) is 3. The lowest BCUT2D eigenvalue weighted by molar-refractivity contribution is 0.447. The minimum Gasteiger partial charge on any atom is -0.307 e. The van der Waals surface area contributed by atoms with Gasteiger partial charge in [-0.15, -0.1) is 0 Å². The molecule has 3 heteroatoms. The molecule has 1 N–H and O–H groups in total. The molecule has 0 unspecified atom stereocenters. The predicted octanol–water partition coefficient (Wildman–Crippen LogP) is 3.19. The molecule has 20 heavy (non-hydrogen) atoms. The molecule has 0 bridgehead atoms. The van der Waals surface area contributed by atoms with E-state index in [9.17, 15) is 0 Å². The third-order valence-electron chi connectivity index (χ3n) is 4.52. The third kappa shape index (κ3) is 2.02. The average Bonchev–Trinajstić information content (AvgIpc) is 2.98. The Labute approximate surface area is 120 Å². The van der Waals surface area contributed by atoms with Crippen LogP contribution in [0.4, 0.5) is 0 Å². The minimum absolute atomic E-state index is 0.0706. The van der Waals surface area contributed by atoms with Crippen molar-refractivity contribution in [3.63, 3.8) is 0 Å². The molecule has 1 aromatic carbocycles. The van der Waals surface area contributed by atoms with E-state index < -0.39 is 0 Å². The fourth-order valence-electron chi connectivity index (χ4n) is 3.15. The van der Waals surface area contributed by atoms with Crippen LogP contribution in [0.25, 0.3) is 0 Å². The molecule has 0 aliphatic carbocycles. The Balaban J connectivity index is 2.11. The Hall–Kier alpha value is -1.74. The van der Waals surface area contributed by atoms with Gasteiger partial charge in [-0.2, -0.15) is 0 Å². The molecule has 0 saturated carbocycles. The summed E-state index contributed by atoms with van der Waals surface area (Å²) in [6.45, 7) is 6.21. The first kappa shape index (κ1) is 13.3. The summed E-state index contributed by atoms with van der Waals surface area (Å²) in [7, 11) is 0. The van der Waals surface area contributed by atoms with Crippen LogP contribution in [-0.2, 0) is 18.5 Å². The Bertz CT molecular complexity index is 588. The van der Waals surface area contributed by atoms with Gasteiger partial charge in [-0.1, -0.05) is 44.2 Å². The molecule has 1 aliphatic heterocycles. The molecule has 3 nitrogen and oxygen atoms in total. The topological polar surface area (TPSA) is 37.8 Å². The highest BCUT2D eigenvalue weighted by atomic mass is 15.0. The van der Waals surface area contributed by atoms with Crippen molar-refractivity contribution in [1.29, 1.82) is 0 Å². The van der Waals surface area contributed by atoms with E-state index >= 15 is 0 Å². The van der Waals surface area contributed by atoms with Gasteiger partial charge < -0.3 is 5.32 Å². The molecular weight excluding hydrogens is 246 g/mol. The number of aromatic nitrogens is 2. The van der Waals surface area contributed by atoms with Crippen molar-refractivity contribution in [2.75, 3.05) is 0 Å². The summed E-state index contributed by atoms with van der Waals surface area (Å²) in [5.41, 5.74) is 3.65. The first-order valence-corrected chi connectivity index (χ1v) is 7.41. The molecule has 1 aromatic heterocycles. The van der Waals surface area contributed by atoms with Crippen molar-refractivity contribution in [1.82, 2.24) is 15.3 Å². The highest BCUT2D eigenvalue weighted by molar-refractivity contribution is 5.34. The van der Waals surface area contributed by atoms with Gasteiger partial charge in [0.15, 0.2) is 0 Å². The molecule has 3 rings (SSSR count). The molecule has 0 saturated heterocycles. The summed E-state index contributed by atoms with van der Waals surface area (Å²) in [5.74, 6) is 0.969. The van der Waals surface area contributed by atoms with Crippen LogP contribution in [0.5, 0.6) is 0 Å². The van der Waals surface area contributed by atoms with Gasteiger partial charge in [-0.05, 0) is 18.4 Å². The van der Waals surface area contributed by atoms with Gasteiger partial charge in [0, 0.05) is 24.8 Å². The first-order valence-electron chi connectivity index (χ1n) is 7.41. The lowest BCUT2D eigenvalue weighted by atomic mass is 9.75. The zero-order chi connectivity index (χ0) is 14.0. The summed E-state index contributed by atoms with van der Waals surface area (Å²) in [4.78, 5) is 9.56. The van der Waals surface area contributed by atoms with Crippen molar-refractivity contribution in [2.24, 2.45) is 0 Å². The van der Waals surface area contributed by atoms with Crippen LogP contribution < -0.4 is 5.32 Å². The number of nitrogens with one attached hydrogen (secondary N) is 1. The summed E-state index contributed by atoms with van der Waals surface area (Å²) < 4.78 is 0. The number of fused-ring (bicyclic) bond motifs is 1. The second-order valence-electron chi connectivity index (χ2n) is 5.42. The monoisotopic (exact) mass is 267 g/mol. The fraction of sp³-hybridized carbons (Fsp3) is 0.412. The summed E-state index contributed by atoms with van der Waals surface area (Å²) >= 11 is 0. The van der Waals surface area contributed by atoms with E-state index in [1.54, 1.807) is 0 Å². The van der Waals surface area contributed by atoms with Crippen molar-refractivity contribution >= 4 is 0 Å². The highest BCUT2D eigenvalue weighted by Crippen LogP contribution is 2.37. The average molecular weight is 267 g/mol. The van der Waals surface area contributed by atoms with Crippen LogP contribution in [0.15, 0.2) is 36.5 Å². The van der Waals surface area contributed by atoms with Gasteiger partial charge in [0.25, 0.3) is 0 Å². The maximum Gasteiger partial charge on any atom is 0.139 e. The summed E-state index contributed by atoms with van der Waals surface area (Å²) in [5, 5.41) is 3.34. The van der Waals surface area contributed by atoms with Gasteiger partial charge in [-0.3, -0.25) is 0 Å². The maximum absolute atomic E-state index is 4.87. The SMILES string of the molecule is CCC(CC)(c1ccccc1)c1ncc2c(n1)CNC2. The van der Waals surface area contributed by atoms with E-state index in [2.05, 4.69) is 54.5 Å². The van der Waals surface area contributed by atoms with E-state index in [1.807, 2.05) is 6.20 Å². The van der Waals surface area contributed by atoms with Crippen LogP contribution in [-0.4, -0.2) is 9.97 Å².